The highest BCUT2D eigenvalue weighted by Gasteiger charge is 2.27. The van der Waals surface area contributed by atoms with E-state index >= 15 is 0 Å². The normalized spacial score (nSPS) is 13.9. The van der Waals surface area contributed by atoms with Gasteiger partial charge in [0.25, 0.3) is 10.0 Å². The number of aromatic nitrogens is 2. The minimum absolute atomic E-state index is 0.151. The lowest BCUT2D eigenvalue weighted by atomic mass is 10.4. The Morgan fingerprint density at radius 2 is 2.36 bits per heavy atom. The van der Waals surface area contributed by atoms with Gasteiger partial charge in [-0.15, -0.1) is 0 Å². The largest absolute Gasteiger partial charge is 0.334 e. The molecule has 0 bridgehead atoms. The van der Waals surface area contributed by atoms with Crippen molar-refractivity contribution in [1.29, 1.82) is 5.26 Å². The molecule has 0 amide bonds. The average Bonchev–Trinajstić information content (AvgIpc) is 2.68. The number of rotatable bonds is 3. The summed E-state index contributed by atoms with van der Waals surface area (Å²) in [5.74, 6) is 0. The van der Waals surface area contributed by atoms with E-state index in [9.17, 15) is 8.42 Å². The van der Waals surface area contributed by atoms with E-state index in [0.717, 1.165) is 4.31 Å². The fourth-order valence-corrected chi connectivity index (χ4v) is 1.96. The van der Waals surface area contributed by atoms with Gasteiger partial charge in [-0.2, -0.15) is 9.57 Å². The lowest BCUT2D eigenvalue weighted by molar-refractivity contribution is 0.437. The summed E-state index contributed by atoms with van der Waals surface area (Å²) < 4.78 is 24.3. The predicted molar refractivity (Wildman–Crippen MR) is 48.6 cm³/mol. The van der Waals surface area contributed by atoms with Crippen molar-refractivity contribution >= 4 is 10.0 Å². The van der Waals surface area contributed by atoms with E-state index in [2.05, 4.69) is 9.97 Å². The van der Waals surface area contributed by atoms with Crippen LogP contribution in [0.15, 0.2) is 17.6 Å². The summed E-state index contributed by atoms with van der Waals surface area (Å²) in [6.07, 6.45) is 2.76. The van der Waals surface area contributed by atoms with Gasteiger partial charge in [0, 0.05) is 19.4 Å². The number of nitrogens with zero attached hydrogens (tertiary/aromatic N) is 3. The van der Waals surface area contributed by atoms with Gasteiger partial charge in [0.1, 0.15) is 6.04 Å². The van der Waals surface area contributed by atoms with Crippen LogP contribution in [0.5, 0.6) is 0 Å². The average molecular weight is 214 g/mol. The molecule has 1 aromatic heterocycles. The van der Waals surface area contributed by atoms with Crippen LogP contribution in [0.1, 0.15) is 6.92 Å². The van der Waals surface area contributed by atoms with E-state index in [1.54, 1.807) is 0 Å². The molecule has 0 aliphatic carbocycles. The van der Waals surface area contributed by atoms with Gasteiger partial charge < -0.3 is 4.98 Å². The first-order valence-corrected chi connectivity index (χ1v) is 5.31. The number of aromatic amines is 1. The first-order valence-electron chi connectivity index (χ1n) is 3.87. The molecule has 1 N–H and O–H groups in total. The van der Waals surface area contributed by atoms with Gasteiger partial charge in [-0.05, 0) is 6.92 Å². The Bertz CT molecular complexity index is 431. The molecule has 0 radical (unpaired) electrons. The SMILES string of the molecule is CC(C#N)N(C)S(=O)(=O)c1ncc[nH]1. The fraction of sp³-hybridized carbons (Fsp3) is 0.429. The van der Waals surface area contributed by atoms with Crippen LogP contribution < -0.4 is 0 Å². The molecule has 0 saturated heterocycles. The molecule has 0 aromatic carbocycles. The molecule has 0 aliphatic rings. The zero-order valence-electron chi connectivity index (χ0n) is 7.80. The lowest BCUT2D eigenvalue weighted by Crippen LogP contribution is -2.34. The van der Waals surface area contributed by atoms with E-state index in [0.29, 0.717) is 0 Å². The molecular weight excluding hydrogens is 204 g/mol. The van der Waals surface area contributed by atoms with Gasteiger partial charge >= 0.3 is 0 Å². The number of hydrogen-bond donors (Lipinski definition) is 1. The van der Waals surface area contributed by atoms with Crippen molar-refractivity contribution < 1.29 is 8.42 Å². The first kappa shape index (κ1) is 10.7. The zero-order valence-corrected chi connectivity index (χ0v) is 8.61. The molecule has 1 atom stereocenters. The molecule has 1 aromatic rings. The Hall–Kier alpha value is -1.39. The van der Waals surface area contributed by atoms with Gasteiger partial charge in [0.2, 0.25) is 5.16 Å². The Labute approximate surface area is 82.2 Å². The van der Waals surface area contributed by atoms with Crippen LogP contribution in [0.3, 0.4) is 0 Å². The second-order valence-corrected chi connectivity index (χ2v) is 4.63. The molecule has 1 heterocycles. The van der Waals surface area contributed by atoms with Crippen molar-refractivity contribution in [2.45, 2.75) is 18.1 Å². The molecule has 0 spiro atoms. The Kier molecular flexibility index (Phi) is 2.88. The van der Waals surface area contributed by atoms with Crippen molar-refractivity contribution in [3.63, 3.8) is 0 Å². The number of hydrogen-bond acceptors (Lipinski definition) is 4. The molecule has 6 nitrogen and oxygen atoms in total. The standard InChI is InChI=1S/C7H10N4O2S/c1-6(5-8)11(2)14(12,13)7-9-3-4-10-7/h3-4,6H,1-2H3,(H,9,10). The molecule has 76 valence electrons. The van der Waals surface area contributed by atoms with E-state index in [-0.39, 0.29) is 5.16 Å². The third kappa shape index (κ3) is 1.76. The molecule has 0 saturated carbocycles. The lowest BCUT2D eigenvalue weighted by Gasteiger charge is -2.16. The third-order valence-electron chi connectivity index (χ3n) is 1.83. The van der Waals surface area contributed by atoms with E-state index in [4.69, 9.17) is 5.26 Å². The maximum atomic E-state index is 11.7. The number of imidazole rings is 1. The summed E-state index contributed by atoms with van der Waals surface area (Å²) >= 11 is 0. The Morgan fingerprint density at radius 1 is 1.71 bits per heavy atom. The van der Waals surface area contributed by atoms with Gasteiger partial charge in [-0.25, -0.2) is 13.4 Å². The van der Waals surface area contributed by atoms with Crippen LogP contribution in [0, 0.1) is 11.3 Å². The van der Waals surface area contributed by atoms with Crippen molar-refractivity contribution in [3.05, 3.63) is 12.4 Å². The monoisotopic (exact) mass is 214 g/mol. The summed E-state index contributed by atoms with van der Waals surface area (Å²) in [6.45, 7) is 1.50. The molecule has 0 aliphatic heterocycles. The van der Waals surface area contributed by atoms with Crippen molar-refractivity contribution in [2.24, 2.45) is 0 Å². The van der Waals surface area contributed by atoms with Crippen molar-refractivity contribution in [2.75, 3.05) is 7.05 Å². The summed E-state index contributed by atoms with van der Waals surface area (Å²) in [5.41, 5.74) is 0. The minimum atomic E-state index is -3.66. The zero-order chi connectivity index (χ0) is 10.8. The molecule has 14 heavy (non-hydrogen) atoms. The van der Waals surface area contributed by atoms with Crippen LogP contribution in [0.4, 0.5) is 0 Å². The van der Waals surface area contributed by atoms with E-state index in [1.807, 2.05) is 6.07 Å². The number of H-pyrrole nitrogens is 1. The molecule has 1 rings (SSSR count). The van der Waals surface area contributed by atoms with E-state index < -0.39 is 16.1 Å². The number of nitrogens with one attached hydrogen (secondary N) is 1. The maximum absolute atomic E-state index is 11.7. The fourth-order valence-electron chi connectivity index (χ4n) is 0.818. The van der Waals surface area contributed by atoms with Crippen LogP contribution in [0.2, 0.25) is 0 Å². The minimum Gasteiger partial charge on any atom is -0.334 e. The number of sulfonamides is 1. The highest BCUT2D eigenvalue weighted by Crippen LogP contribution is 2.10. The van der Waals surface area contributed by atoms with Crippen LogP contribution >= 0.6 is 0 Å². The molecule has 1 unspecified atom stereocenters. The van der Waals surface area contributed by atoms with Crippen molar-refractivity contribution in [3.8, 4) is 6.07 Å². The summed E-state index contributed by atoms with van der Waals surface area (Å²) in [7, 11) is -2.32. The highest BCUT2D eigenvalue weighted by molar-refractivity contribution is 7.88. The van der Waals surface area contributed by atoms with Crippen LogP contribution in [0.25, 0.3) is 0 Å². The summed E-state index contributed by atoms with van der Waals surface area (Å²) in [4.78, 5) is 6.12. The quantitative estimate of drug-likeness (QED) is 0.763. The summed E-state index contributed by atoms with van der Waals surface area (Å²) in [6, 6.07) is 1.12. The highest BCUT2D eigenvalue weighted by atomic mass is 32.2. The van der Waals surface area contributed by atoms with E-state index in [1.165, 1.54) is 26.4 Å². The van der Waals surface area contributed by atoms with Crippen LogP contribution in [-0.2, 0) is 10.0 Å². The Morgan fingerprint density at radius 3 is 2.79 bits per heavy atom. The molecule has 0 fully saturated rings. The third-order valence-corrected chi connectivity index (χ3v) is 3.62. The maximum Gasteiger partial charge on any atom is 0.277 e. The molecule has 7 heteroatoms. The molecular formula is C7H10N4O2S. The van der Waals surface area contributed by atoms with Crippen LogP contribution in [-0.4, -0.2) is 35.8 Å². The van der Waals surface area contributed by atoms with Gasteiger partial charge in [0.05, 0.1) is 6.07 Å². The smallest absolute Gasteiger partial charge is 0.277 e. The predicted octanol–water partition coefficient (Wildman–Crippen LogP) is -0.0577. The number of nitriles is 1. The van der Waals surface area contributed by atoms with Gasteiger partial charge in [-0.1, -0.05) is 0 Å². The first-order chi connectivity index (χ1) is 6.50. The summed E-state index contributed by atoms with van der Waals surface area (Å²) in [5, 5.41) is 8.43. The Balaban J connectivity index is 3.05. The second kappa shape index (κ2) is 3.77. The topological polar surface area (TPSA) is 89.8 Å². The van der Waals surface area contributed by atoms with Gasteiger partial charge in [-0.3, -0.25) is 0 Å². The van der Waals surface area contributed by atoms with Crippen molar-refractivity contribution in [1.82, 2.24) is 14.3 Å². The second-order valence-electron chi connectivity index (χ2n) is 2.72. The van der Waals surface area contributed by atoms with Gasteiger partial charge in [0.15, 0.2) is 0 Å².